The summed E-state index contributed by atoms with van der Waals surface area (Å²) in [5, 5.41) is 4.55. The molecule has 7 heteroatoms. The number of nitrogens with zero attached hydrogens (tertiary/aromatic N) is 4. The third-order valence-electron chi connectivity index (χ3n) is 8.95. The van der Waals surface area contributed by atoms with E-state index in [1.807, 2.05) is 36.4 Å². The molecule has 0 unspecified atom stereocenters. The number of carbonyl (C=O) groups excluding carboxylic acids is 1. The lowest BCUT2D eigenvalue weighted by molar-refractivity contribution is 0.0161. The zero-order chi connectivity index (χ0) is 29.0. The number of benzene rings is 2. The van der Waals surface area contributed by atoms with Gasteiger partial charge >= 0.3 is 0 Å². The maximum absolute atomic E-state index is 13.4. The van der Waals surface area contributed by atoms with E-state index < -0.39 is 0 Å². The van der Waals surface area contributed by atoms with Crippen LogP contribution in [0.4, 0.5) is 0 Å². The molecule has 0 aliphatic carbocycles. The second kappa shape index (κ2) is 12.9. The summed E-state index contributed by atoms with van der Waals surface area (Å²) in [5.41, 5.74) is 7.69. The van der Waals surface area contributed by atoms with Gasteiger partial charge in [0, 0.05) is 47.0 Å². The van der Waals surface area contributed by atoms with Gasteiger partial charge < -0.3 is 9.74 Å². The number of pyridine rings is 1. The molecule has 0 atom stereocenters. The summed E-state index contributed by atoms with van der Waals surface area (Å²) in [5.74, 6) is 0.513. The lowest BCUT2D eigenvalue weighted by Gasteiger charge is -2.49. The smallest absolute Gasteiger partial charge is 0.253 e. The highest BCUT2D eigenvalue weighted by Crippen LogP contribution is 2.34. The average Bonchev–Trinajstić information content (AvgIpc) is 2.99. The highest BCUT2D eigenvalue weighted by molar-refractivity contribution is 9.10. The van der Waals surface area contributed by atoms with Crippen LogP contribution in [0.5, 0.6) is 0 Å². The van der Waals surface area contributed by atoms with Gasteiger partial charge in [0.2, 0.25) is 0 Å². The zero-order valence-corrected chi connectivity index (χ0v) is 26.3. The molecule has 2 aliphatic heterocycles. The number of aryl methyl sites for hydroxylation is 2. The van der Waals surface area contributed by atoms with E-state index >= 15 is 0 Å². The normalized spacial score (nSPS) is 18.4. The standard InChI is InChI=1S/C34H41BrN4O2/c1-5-41-37-32(27-10-12-30(35)13-11-27)28-14-18-39(19-15-28)34(4)16-20-38(21-17-34)33(40)29-8-6-26(7-9-29)31-24(2)22-36-23-25(31)3/h6-13,22-23,28H,5,14-21H2,1-4H3/b37-32+. The van der Waals surface area contributed by atoms with Gasteiger partial charge in [-0.2, -0.15) is 0 Å². The van der Waals surface area contributed by atoms with Crippen LogP contribution in [0.2, 0.25) is 0 Å². The molecule has 1 aromatic heterocycles. The fourth-order valence-corrected chi connectivity index (χ4v) is 6.70. The third kappa shape index (κ3) is 6.57. The molecule has 0 N–H and O–H groups in total. The van der Waals surface area contributed by atoms with E-state index in [-0.39, 0.29) is 11.4 Å². The summed E-state index contributed by atoms with van der Waals surface area (Å²) in [6.07, 6.45) is 7.88. The molecule has 0 bridgehead atoms. The maximum Gasteiger partial charge on any atom is 0.253 e. The third-order valence-corrected chi connectivity index (χ3v) is 9.48. The van der Waals surface area contributed by atoms with Crippen molar-refractivity contribution in [2.24, 2.45) is 11.1 Å². The summed E-state index contributed by atoms with van der Waals surface area (Å²) in [6, 6.07) is 16.5. The van der Waals surface area contributed by atoms with E-state index in [0.29, 0.717) is 12.5 Å². The molecule has 6 nitrogen and oxygen atoms in total. The van der Waals surface area contributed by atoms with Crippen LogP contribution in [0.15, 0.2) is 70.6 Å². The Balaban J connectivity index is 1.18. The highest BCUT2D eigenvalue weighted by atomic mass is 79.9. The van der Waals surface area contributed by atoms with Crippen LogP contribution in [0.3, 0.4) is 0 Å². The summed E-state index contributed by atoms with van der Waals surface area (Å²) in [6.45, 7) is 12.7. The molecule has 5 rings (SSSR count). The van der Waals surface area contributed by atoms with Crippen molar-refractivity contribution in [1.29, 1.82) is 0 Å². The van der Waals surface area contributed by atoms with E-state index in [1.165, 1.54) is 5.56 Å². The lowest BCUT2D eigenvalue weighted by Crippen LogP contribution is -2.56. The largest absolute Gasteiger partial charge is 0.396 e. The van der Waals surface area contributed by atoms with Crippen LogP contribution in [0.25, 0.3) is 11.1 Å². The molecule has 2 aliphatic rings. The Bertz CT molecular complexity index is 1350. The molecule has 2 fully saturated rings. The Hall–Kier alpha value is -3.03. The number of carbonyl (C=O) groups is 1. The summed E-state index contributed by atoms with van der Waals surface area (Å²) >= 11 is 3.54. The number of halogens is 1. The monoisotopic (exact) mass is 616 g/mol. The van der Waals surface area contributed by atoms with Gasteiger partial charge in [-0.3, -0.25) is 14.7 Å². The SMILES string of the molecule is CCO/N=C(\c1ccc(Br)cc1)C1CCN(C2(C)CCN(C(=O)c3ccc(-c4c(C)cncc4C)cc3)CC2)CC1. The number of amides is 1. The van der Waals surface area contributed by atoms with E-state index in [2.05, 4.69) is 88.1 Å². The van der Waals surface area contributed by atoms with Crippen LogP contribution in [-0.2, 0) is 4.84 Å². The Morgan fingerprint density at radius 3 is 2.12 bits per heavy atom. The van der Waals surface area contributed by atoms with Gasteiger partial charge in [-0.25, -0.2) is 0 Å². The van der Waals surface area contributed by atoms with Gasteiger partial charge in [0.25, 0.3) is 5.91 Å². The summed E-state index contributed by atoms with van der Waals surface area (Å²) < 4.78 is 1.07. The minimum atomic E-state index is 0.108. The maximum atomic E-state index is 13.4. The van der Waals surface area contributed by atoms with Crippen LogP contribution < -0.4 is 0 Å². The zero-order valence-electron chi connectivity index (χ0n) is 24.7. The number of rotatable bonds is 7. The van der Waals surface area contributed by atoms with Gasteiger partial charge in [-0.05, 0) is 119 Å². The van der Waals surface area contributed by atoms with Crippen molar-refractivity contribution in [2.45, 2.75) is 58.9 Å². The first-order valence-electron chi connectivity index (χ1n) is 14.8. The molecule has 216 valence electrons. The quantitative estimate of drug-likeness (QED) is 0.207. The number of oxime groups is 1. The second-order valence-corrected chi connectivity index (χ2v) is 12.6. The highest BCUT2D eigenvalue weighted by Gasteiger charge is 2.39. The van der Waals surface area contributed by atoms with Crippen molar-refractivity contribution in [3.8, 4) is 11.1 Å². The molecule has 2 aromatic carbocycles. The van der Waals surface area contributed by atoms with Crippen LogP contribution in [0.1, 0.15) is 66.6 Å². The van der Waals surface area contributed by atoms with Gasteiger partial charge in [0.1, 0.15) is 6.61 Å². The molecular formula is C34H41BrN4O2. The number of aromatic nitrogens is 1. The topological polar surface area (TPSA) is 58.0 Å². The summed E-state index contributed by atoms with van der Waals surface area (Å²) in [4.78, 5) is 27.9. The van der Waals surface area contributed by atoms with Crippen molar-refractivity contribution in [3.63, 3.8) is 0 Å². The first kappa shape index (κ1) is 29.5. The Morgan fingerprint density at radius 1 is 0.951 bits per heavy atom. The predicted octanol–water partition coefficient (Wildman–Crippen LogP) is 7.28. The molecule has 0 spiro atoms. The van der Waals surface area contributed by atoms with Crippen molar-refractivity contribution in [1.82, 2.24) is 14.8 Å². The van der Waals surface area contributed by atoms with Gasteiger partial charge in [-0.15, -0.1) is 0 Å². The average molecular weight is 618 g/mol. The van der Waals surface area contributed by atoms with Crippen LogP contribution in [0, 0.1) is 19.8 Å². The molecule has 0 saturated carbocycles. The fourth-order valence-electron chi connectivity index (χ4n) is 6.44. The predicted molar refractivity (Wildman–Crippen MR) is 169 cm³/mol. The van der Waals surface area contributed by atoms with Crippen LogP contribution in [-0.4, -0.2) is 64.7 Å². The fraction of sp³-hybridized carbons (Fsp3) is 0.441. The molecule has 0 radical (unpaired) electrons. The number of hydrogen-bond acceptors (Lipinski definition) is 5. The molecular weight excluding hydrogens is 576 g/mol. The Morgan fingerprint density at radius 2 is 1.54 bits per heavy atom. The molecule has 3 aromatic rings. The lowest BCUT2D eigenvalue weighted by atomic mass is 9.82. The minimum absolute atomic E-state index is 0.108. The first-order chi connectivity index (χ1) is 19.8. The van der Waals surface area contributed by atoms with E-state index in [1.54, 1.807) is 0 Å². The van der Waals surface area contributed by atoms with E-state index in [9.17, 15) is 4.79 Å². The van der Waals surface area contributed by atoms with Crippen LogP contribution >= 0.6 is 15.9 Å². The van der Waals surface area contributed by atoms with Crippen molar-refractivity contribution in [3.05, 3.63) is 87.7 Å². The number of piperidine rings is 2. The minimum Gasteiger partial charge on any atom is -0.396 e. The van der Waals surface area contributed by atoms with Gasteiger partial charge in [0.05, 0.1) is 5.71 Å². The van der Waals surface area contributed by atoms with Gasteiger partial charge in [0.15, 0.2) is 0 Å². The Labute approximate surface area is 252 Å². The summed E-state index contributed by atoms with van der Waals surface area (Å²) in [7, 11) is 0. The number of hydrogen-bond donors (Lipinski definition) is 0. The van der Waals surface area contributed by atoms with Crippen molar-refractivity contribution >= 4 is 27.5 Å². The molecule has 2 saturated heterocycles. The number of likely N-dealkylation sites (tertiary alicyclic amines) is 2. The Kier molecular flexibility index (Phi) is 9.25. The first-order valence-corrected chi connectivity index (χ1v) is 15.6. The second-order valence-electron chi connectivity index (χ2n) is 11.7. The van der Waals surface area contributed by atoms with E-state index in [4.69, 9.17) is 4.84 Å². The molecule has 41 heavy (non-hydrogen) atoms. The van der Waals surface area contributed by atoms with Gasteiger partial charge in [-0.1, -0.05) is 45.4 Å². The van der Waals surface area contributed by atoms with Crippen molar-refractivity contribution < 1.29 is 9.63 Å². The van der Waals surface area contributed by atoms with Crippen molar-refractivity contribution in [2.75, 3.05) is 32.8 Å². The van der Waals surface area contributed by atoms with E-state index in [0.717, 1.165) is 89.9 Å². The molecule has 3 heterocycles. The molecule has 1 amide bonds.